The first kappa shape index (κ1) is 13.3. The SMILES string of the molecule is CNC(c1ccc(OC)c(Cl)c1)C(N)CO. The van der Waals surface area contributed by atoms with E-state index in [0.717, 1.165) is 5.56 Å². The van der Waals surface area contributed by atoms with Crippen LogP contribution in [0.2, 0.25) is 5.02 Å². The molecule has 0 saturated heterocycles. The molecule has 1 aromatic carbocycles. The fraction of sp³-hybridized carbons (Fsp3) is 0.455. The number of rotatable bonds is 5. The maximum Gasteiger partial charge on any atom is 0.137 e. The lowest BCUT2D eigenvalue weighted by atomic mass is 10.0. The summed E-state index contributed by atoms with van der Waals surface area (Å²) in [6, 6.07) is 4.95. The van der Waals surface area contributed by atoms with E-state index >= 15 is 0 Å². The van der Waals surface area contributed by atoms with Crippen molar-refractivity contribution < 1.29 is 9.84 Å². The Hall–Kier alpha value is -0.810. The van der Waals surface area contributed by atoms with E-state index in [4.69, 9.17) is 27.2 Å². The quantitative estimate of drug-likeness (QED) is 0.721. The number of hydrogen-bond acceptors (Lipinski definition) is 4. The van der Waals surface area contributed by atoms with Gasteiger partial charge in [0, 0.05) is 12.1 Å². The first-order valence-corrected chi connectivity index (χ1v) is 5.39. The van der Waals surface area contributed by atoms with E-state index in [2.05, 4.69) is 5.32 Å². The molecule has 0 aromatic heterocycles. The standard InChI is InChI=1S/C11H17ClN2O2/c1-14-11(9(13)6-15)7-3-4-10(16-2)8(12)5-7/h3-5,9,11,14-15H,6,13H2,1-2H3. The number of hydrogen-bond donors (Lipinski definition) is 3. The smallest absolute Gasteiger partial charge is 0.137 e. The predicted octanol–water partition coefficient (Wildman–Crippen LogP) is 0.929. The van der Waals surface area contributed by atoms with Gasteiger partial charge < -0.3 is 20.9 Å². The Kier molecular flexibility index (Phi) is 5.02. The van der Waals surface area contributed by atoms with Crippen LogP contribution in [0.4, 0.5) is 0 Å². The predicted molar refractivity (Wildman–Crippen MR) is 64.9 cm³/mol. The lowest BCUT2D eigenvalue weighted by Gasteiger charge is -2.22. The van der Waals surface area contributed by atoms with Crippen molar-refractivity contribution in [3.63, 3.8) is 0 Å². The molecule has 0 radical (unpaired) electrons. The molecule has 0 aliphatic heterocycles. The van der Waals surface area contributed by atoms with Crippen LogP contribution in [-0.4, -0.2) is 31.9 Å². The van der Waals surface area contributed by atoms with Crippen LogP contribution in [-0.2, 0) is 0 Å². The highest BCUT2D eigenvalue weighted by atomic mass is 35.5. The van der Waals surface area contributed by atoms with Crippen LogP contribution in [0.25, 0.3) is 0 Å². The molecule has 2 unspecified atom stereocenters. The molecule has 1 aromatic rings. The van der Waals surface area contributed by atoms with Crippen molar-refractivity contribution in [1.29, 1.82) is 0 Å². The van der Waals surface area contributed by atoms with Gasteiger partial charge in [0.2, 0.25) is 0 Å². The zero-order valence-electron chi connectivity index (χ0n) is 9.40. The second-order valence-corrected chi connectivity index (χ2v) is 3.91. The molecule has 0 aliphatic rings. The molecule has 4 nitrogen and oxygen atoms in total. The number of likely N-dealkylation sites (N-methyl/N-ethyl adjacent to an activating group) is 1. The lowest BCUT2D eigenvalue weighted by molar-refractivity contribution is 0.240. The van der Waals surface area contributed by atoms with E-state index in [-0.39, 0.29) is 18.7 Å². The second-order valence-electron chi connectivity index (χ2n) is 3.51. The summed E-state index contributed by atoms with van der Waals surface area (Å²) in [4.78, 5) is 0. The van der Waals surface area contributed by atoms with Gasteiger partial charge in [-0.15, -0.1) is 0 Å². The lowest BCUT2D eigenvalue weighted by Crippen LogP contribution is -2.38. The molecule has 5 heteroatoms. The highest BCUT2D eigenvalue weighted by Gasteiger charge is 2.18. The van der Waals surface area contributed by atoms with Crippen LogP contribution in [0.15, 0.2) is 18.2 Å². The van der Waals surface area contributed by atoms with Crippen LogP contribution < -0.4 is 15.8 Å². The van der Waals surface area contributed by atoms with Crippen LogP contribution in [0.3, 0.4) is 0 Å². The molecular formula is C11H17ClN2O2. The highest BCUT2D eigenvalue weighted by Crippen LogP contribution is 2.28. The number of halogens is 1. The first-order valence-electron chi connectivity index (χ1n) is 5.01. The van der Waals surface area contributed by atoms with Crippen molar-refractivity contribution in [2.75, 3.05) is 20.8 Å². The molecule has 2 atom stereocenters. The van der Waals surface area contributed by atoms with Crippen molar-refractivity contribution in [2.24, 2.45) is 5.73 Å². The highest BCUT2D eigenvalue weighted by molar-refractivity contribution is 6.32. The summed E-state index contributed by atoms with van der Waals surface area (Å²) in [6.07, 6.45) is 0. The molecule has 0 aliphatic carbocycles. The van der Waals surface area contributed by atoms with Gasteiger partial charge in [-0.2, -0.15) is 0 Å². The van der Waals surface area contributed by atoms with E-state index in [1.165, 1.54) is 0 Å². The van der Waals surface area contributed by atoms with Gasteiger partial charge in [0.05, 0.1) is 18.7 Å². The number of nitrogens with one attached hydrogen (secondary N) is 1. The Morgan fingerprint density at radius 1 is 1.56 bits per heavy atom. The summed E-state index contributed by atoms with van der Waals surface area (Å²) in [5.74, 6) is 0.623. The van der Waals surface area contributed by atoms with Gasteiger partial charge in [0.15, 0.2) is 0 Å². The summed E-state index contributed by atoms with van der Waals surface area (Å²) in [5.41, 5.74) is 6.72. The van der Waals surface area contributed by atoms with E-state index in [0.29, 0.717) is 10.8 Å². The summed E-state index contributed by atoms with van der Waals surface area (Å²) in [5, 5.41) is 12.6. The molecule has 4 N–H and O–H groups in total. The Bertz CT molecular complexity index is 347. The van der Waals surface area contributed by atoms with Crippen LogP contribution >= 0.6 is 11.6 Å². The average molecular weight is 245 g/mol. The topological polar surface area (TPSA) is 67.5 Å². The van der Waals surface area contributed by atoms with Crippen LogP contribution in [0.5, 0.6) is 5.75 Å². The third-order valence-corrected chi connectivity index (χ3v) is 2.78. The summed E-state index contributed by atoms with van der Waals surface area (Å²) in [6.45, 7) is -0.0881. The molecule has 16 heavy (non-hydrogen) atoms. The number of nitrogens with two attached hydrogens (primary N) is 1. The molecule has 0 saturated carbocycles. The monoisotopic (exact) mass is 244 g/mol. The van der Waals surface area contributed by atoms with Gasteiger partial charge in [0.25, 0.3) is 0 Å². The summed E-state index contributed by atoms with van der Waals surface area (Å²) < 4.78 is 5.07. The molecule has 0 bridgehead atoms. The Balaban J connectivity index is 2.98. The zero-order chi connectivity index (χ0) is 12.1. The Labute approximate surface area is 100 Å². The zero-order valence-corrected chi connectivity index (χ0v) is 10.2. The van der Waals surface area contributed by atoms with E-state index in [1.807, 2.05) is 6.07 Å². The van der Waals surface area contributed by atoms with Gasteiger partial charge in [-0.05, 0) is 24.7 Å². The van der Waals surface area contributed by atoms with E-state index < -0.39 is 0 Å². The largest absolute Gasteiger partial charge is 0.495 e. The number of aliphatic hydroxyl groups excluding tert-OH is 1. The normalized spacial score (nSPS) is 14.6. The number of ether oxygens (including phenoxy) is 1. The number of aliphatic hydroxyl groups is 1. The van der Waals surface area contributed by atoms with Crippen LogP contribution in [0, 0.1) is 0 Å². The van der Waals surface area contributed by atoms with Gasteiger partial charge in [-0.3, -0.25) is 0 Å². The minimum absolute atomic E-state index is 0.0881. The Morgan fingerprint density at radius 2 is 2.25 bits per heavy atom. The number of benzene rings is 1. The third-order valence-electron chi connectivity index (χ3n) is 2.48. The van der Waals surface area contributed by atoms with Gasteiger partial charge >= 0.3 is 0 Å². The minimum atomic E-state index is -0.366. The van der Waals surface area contributed by atoms with Gasteiger partial charge in [-0.1, -0.05) is 17.7 Å². The average Bonchev–Trinajstić information content (AvgIpc) is 2.30. The van der Waals surface area contributed by atoms with E-state index in [9.17, 15) is 0 Å². The van der Waals surface area contributed by atoms with Crippen LogP contribution in [0.1, 0.15) is 11.6 Å². The van der Waals surface area contributed by atoms with Gasteiger partial charge in [-0.25, -0.2) is 0 Å². The van der Waals surface area contributed by atoms with Crippen molar-refractivity contribution in [3.05, 3.63) is 28.8 Å². The summed E-state index contributed by atoms with van der Waals surface area (Å²) in [7, 11) is 3.36. The third kappa shape index (κ3) is 2.86. The van der Waals surface area contributed by atoms with Crippen molar-refractivity contribution >= 4 is 11.6 Å². The molecule has 0 fully saturated rings. The molecular weight excluding hydrogens is 228 g/mol. The van der Waals surface area contributed by atoms with Crippen molar-refractivity contribution in [3.8, 4) is 5.75 Å². The minimum Gasteiger partial charge on any atom is -0.495 e. The molecule has 1 rings (SSSR count). The summed E-state index contributed by atoms with van der Waals surface area (Å²) >= 11 is 6.02. The van der Waals surface area contributed by atoms with Gasteiger partial charge in [0.1, 0.15) is 5.75 Å². The Morgan fingerprint density at radius 3 is 2.69 bits per heavy atom. The van der Waals surface area contributed by atoms with Crippen molar-refractivity contribution in [2.45, 2.75) is 12.1 Å². The molecule has 0 heterocycles. The maximum atomic E-state index is 9.05. The molecule has 0 spiro atoms. The fourth-order valence-electron chi connectivity index (χ4n) is 1.61. The first-order chi connectivity index (χ1) is 7.63. The van der Waals surface area contributed by atoms with E-state index in [1.54, 1.807) is 26.3 Å². The maximum absolute atomic E-state index is 9.05. The fourth-order valence-corrected chi connectivity index (χ4v) is 1.88. The molecule has 0 amide bonds. The molecule has 90 valence electrons. The van der Waals surface area contributed by atoms with Crippen molar-refractivity contribution in [1.82, 2.24) is 5.32 Å². The second kappa shape index (κ2) is 6.06. The number of methoxy groups -OCH3 is 1.